The van der Waals surface area contributed by atoms with E-state index in [0.717, 1.165) is 4.90 Å². The Morgan fingerprint density at radius 2 is 1.95 bits per heavy atom. The molecule has 6 nitrogen and oxygen atoms in total. The summed E-state index contributed by atoms with van der Waals surface area (Å²) in [7, 11) is 1.51. The fourth-order valence-electron chi connectivity index (χ4n) is 1.94. The zero-order valence-electron chi connectivity index (χ0n) is 10.8. The fraction of sp³-hybridized carbons (Fsp3) is 0.308. The van der Waals surface area contributed by atoms with E-state index >= 15 is 0 Å². The molecule has 0 atom stereocenters. The van der Waals surface area contributed by atoms with Gasteiger partial charge in [-0.05, 0) is 18.2 Å². The van der Waals surface area contributed by atoms with E-state index in [-0.39, 0.29) is 19.7 Å². The van der Waals surface area contributed by atoms with Gasteiger partial charge >= 0.3 is 0 Å². The van der Waals surface area contributed by atoms with Crippen molar-refractivity contribution in [3.8, 4) is 0 Å². The van der Waals surface area contributed by atoms with Crippen LogP contribution in [0.2, 0.25) is 0 Å². The summed E-state index contributed by atoms with van der Waals surface area (Å²) >= 11 is 3.24. The smallest absolute Gasteiger partial charge is 0.262 e. The highest BCUT2D eigenvalue weighted by atomic mass is 79.9. The number of carbonyl (C=O) groups excluding carboxylic acids is 3. The van der Waals surface area contributed by atoms with Gasteiger partial charge in [-0.2, -0.15) is 0 Å². The summed E-state index contributed by atoms with van der Waals surface area (Å²) in [6.45, 7) is -0.328. The minimum atomic E-state index is -0.475. The second kappa shape index (κ2) is 5.72. The Morgan fingerprint density at radius 3 is 2.60 bits per heavy atom. The lowest BCUT2D eigenvalue weighted by Gasteiger charge is -2.19. The number of aliphatic hydroxyl groups excluding tert-OH is 1. The number of amides is 3. The van der Waals surface area contributed by atoms with Crippen LogP contribution in [0.1, 0.15) is 20.7 Å². The van der Waals surface area contributed by atoms with Gasteiger partial charge in [-0.15, -0.1) is 0 Å². The van der Waals surface area contributed by atoms with Crippen LogP contribution in [0.5, 0.6) is 0 Å². The number of halogens is 1. The van der Waals surface area contributed by atoms with Crippen molar-refractivity contribution in [3.05, 3.63) is 33.8 Å². The molecule has 0 aromatic heterocycles. The summed E-state index contributed by atoms with van der Waals surface area (Å²) in [5, 5.41) is 8.78. The lowest BCUT2D eigenvalue weighted by molar-refractivity contribution is -0.130. The first-order valence-electron chi connectivity index (χ1n) is 5.96. The van der Waals surface area contributed by atoms with Gasteiger partial charge in [0.25, 0.3) is 11.8 Å². The molecule has 7 heteroatoms. The molecule has 0 aliphatic carbocycles. The molecule has 1 aromatic carbocycles. The Kier molecular flexibility index (Phi) is 4.20. The first-order valence-corrected chi connectivity index (χ1v) is 6.75. The standard InChI is InChI=1S/C13H13BrN2O4/c1-15(4-5-17)11(18)7-16-12(19)9-3-2-8(14)6-10(9)13(16)20/h2-3,6,17H,4-5,7H2,1H3. The number of hydrogen-bond donors (Lipinski definition) is 1. The van der Waals surface area contributed by atoms with E-state index in [1.807, 2.05) is 0 Å². The molecule has 0 unspecified atom stereocenters. The Balaban J connectivity index is 2.18. The molecule has 3 amide bonds. The first-order chi connectivity index (χ1) is 9.45. The fourth-order valence-corrected chi connectivity index (χ4v) is 2.30. The van der Waals surface area contributed by atoms with Gasteiger partial charge in [0.05, 0.1) is 17.7 Å². The molecular formula is C13H13BrN2O4. The average molecular weight is 341 g/mol. The monoisotopic (exact) mass is 340 g/mol. The zero-order valence-corrected chi connectivity index (χ0v) is 12.4. The Bertz CT molecular complexity index is 588. The van der Waals surface area contributed by atoms with Gasteiger partial charge in [-0.25, -0.2) is 0 Å². The molecule has 1 heterocycles. The van der Waals surface area contributed by atoms with Crippen molar-refractivity contribution in [2.45, 2.75) is 0 Å². The van der Waals surface area contributed by atoms with Gasteiger partial charge in [0, 0.05) is 18.1 Å². The quantitative estimate of drug-likeness (QED) is 0.809. The minimum absolute atomic E-state index is 0.160. The topological polar surface area (TPSA) is 77.9 Å². The van der Waals surface area contributed by atoms with Crippen molar-refractivity contribution in [1.29, 1.82) is 0 Å². The van der Waals surface area contributed by atoms with E-state index in [2.05, 4.69) is 15.9 Å². The second-order valence-corrected chi connectivity index (χ2v) is 5.34. The number of likely N-dealkylation sites (N-methyl/N-ethyl adjacent to an activating group) is 1. The summed E-state index contributed by atoms with van der Waals surface area (Å²) in [5.74, 6) is -1.34. The van der Waals surface area contributed by atoms with E-state index in [0.29, 0.717) is 15.6 Å². The van der Waals surface area contributed by atoms with Crippen LogP contribution in [-0.4, -0.2) is 59.4 Å². The molecular weight excluding hydrogens is 328 g/mol. The van der Waals surface area contributed by atoms with E-state index in [9.17, 15) is 14.4 Å². The number of carbonyl (C=O) groups is 3. The number of benzene rings is 1. The van der Waals surface area contributed by atoms with Crippen molar-refractivity contribution in [2.24, 2.45) is 0 Å². The van der Waals surface area contributed by atoms with Crippen LogP contribution in [0.15, 0.2) is 22.7 Å². The number of imide groups is 1. The molecule has 0 fully saturated rings. The predicted molar refractivity (Wildman–Crippen MR) is 74.2 cm³/mol. The highest BCUT2D eigenvalue weighted by Gasteiger charge is 2.37. The summed E-state index contributed by atoms with van der Waals surface area (Å²) in [6, 6.07) is 4.80. The van der Waals surface area contributed by atoms with E-state index in [4.69, 9.17) is 5.11 Å². The van der Waals surface area contributed by atoms with E-state index in [1.165, 1.54) is 11.9 Å². The maximum absolute atomic E-state index is 12.1. The van der Waals surface area contributed by atoms with Crippen LogP contribution >= 0.6 is 15.9 Å². The highest BCUT2D eigenvalue weighted by molar-refractivity contribution is 9.10. The third kappa shape index (κ3) is 2.59. The van der Waals surface area contributed by atoms with E-state index < -0.39 is 17.7 Å². The lowest BCUT2D eigenvalue weighted by atomic mass is 10.1. The normalized spacial score (nSPS) is 13.7. The highest BCUT2D eigenvalue weighted by Crippen LogP contribution is 2.25. The van der Waals surface area contributed by atoms with Crippen molar-refractivity contribution >= 4 is 33.7 Å². The molecule has 20 heavy (non-hydrogen) atoms. The molecule has 1 N–H and O–H groups in total. The summed E-state index contributed by atoms with van der Waals surface area (Å²) in [6.07, 6.45) is 0. The van der Waals surface area contributed by atoms with Crippen LogP contribution in [-0.2, 0) is 4.79 Å². The molecule has 0 radical (unpaired) electrons. The third-order valence-electron chi connectivity index (χ3n) is 3.09. The first kappa shape index (κ1) is 14.7. The van der Waals surface area contributed by atoms with Gasteiger partial charge in [0.1, 0.15) is 6.54 Å². The number of rotatable bonds is 4. The van der Waals surface area contributed by atoms with Gasteiger partial charge in [-0.3, -0.25) is 19.3 Å². The maximum Gasteiger partial charge on any atom is 0.262 e. The molecule has 1 aliphatic heterocycles. The Morgan fingerprint density at radius 1 is 1.30 bits per heavy atom. The van der Waals surface area contributed by atoms with Gasteiger partial charge < -0.3 is 10.0 Å². The van der Waals surface area contributed by atoms with Crippen LogP contribution < -0.4 is 0 Å². The summed E-state index contributed by atoms with van der Waals surface area (Å²) < 4.78 is 0.697. The third-order valence-corrected chi connectivity index (χ3v) is 3.58. The van der Waals surface area contributed by atoms with Crippen LogP contribution in [0.25, 0.3) is 0 Å². The van der Waals surface area contributed by atoms with Crippen molar-refractivity contribution in [1.82, 2.24) is 9.80 Å². The average Bonchev–Trinajstić information content (AvgIpc) is 2.64. The van der Waals surface area contributed by atoms with Crippen LogP contribution in [0.3, 0.4) is 0 Å². The van der Waals surface area contributed by atoms with Crippen molar-refractivity contribution in [3.63, 3.8) is 0 Å². The largest absolute Gasteiger partial charge is 0.395 e. The summed E-state index contributed by atoms with van der Waals surface area (Å²) in [4.78, 5) is 38.3. The SMILES string of the molecule is CN(CCO)C(=O)CN1C(=O)c2ccc(Br)cc2C1=O. The number of hydrogen-bond acceptors (Lipinski definition) is 4. The Hall–Kier alpha value is -1.73. The lowest BCUT2D eigenvalue weighted by Crippen LogP contribution is -2.42. The van der Waals surface area contributed by atoms with Crippen LogP contribution in [0, 0.1) is 0 Å². The van der Waals surface area contributed by atoms with Gasteiger partial charge in [0.2, 0.25) is 5.91 Å². The number of nitrogens with zero attached hydrogens (tertiary/aromatic N) is 2. The summed E-state index contributed by atoms with van der Waals surface area (Å²) in [5.41, 5.74) is 0.595. The number of fused-ring (bicyclic) bond motifs is 1. The maximum atomic E-state index is 12.1. The van der Waals surface area contributed by atoms with E-state index in [1.54, 1.807) is 18.2 Å². The molecule has 106 valence electrons. The zero-order chi connectivity index (χ0) is 14.9. The van der Waals surface area contributed by atoms with Crippen LogP contribution in [0.4, 0.5) is 0 Å². The molecule has 0 spiro atoms. The molecule has 2 rings (SSSR count). The predicted octanol–water partition coefficient (Wildman–Crippen LogP) is 0.496. The van der Waals surface area contributed by atoms with Crippen molar-refractivity contribution < 1.29 is 19.5 Å². The molecule has 0 saturated carbocycles. The van der Waals surface area contributed by atoms with Gasteiger partial charge in [0.15, 0.2) is 0 Å². The minimum Gasteiger partial charge on any atom is -0.395 e. The second-order valence-electron chi connectivity index (χ2n) is 4.43. The molecule has 0 saturated heterocycles. The van der Waals surface area contributed by atoms with Gasteiger partial charge in [-0.1, -0.05) is 15.9 Å². The van der Waals surface area contributed by atoms with Crippen molar-refractivity contribution in [2.75, 3.05) is 26.7 Å². The number of aliphatic hydroxyl groups is 1. The molecule has 1 aliphatic rings. The molecule has 1 aromatic rings. The Labute approximate surface area is 124 Å². The molecule has 0 bridgehead atoms.